The lowest BCUT2D eigenvalue weighted by Crippen LogP contribution is -2.19. The summed E-state index contributed by atoms with van der Waals surface area (Å²) in [5, 5.41) is 0. The van der Waals surface area contributed by atoms with Gasteiger partial charge >= 0.3 is 0 Å². The zero-order valence-electron chi connectivity index (χ0n) is 10.3. The predicted octanol–water partition coefficient (Wildman–Crippen LogP) is 4.37. The summed E-state index contributed by atoms with van der Waals surface area (Å²) >= 11 is 0. The molecule has 14 heavy (non-hydrogen) atoms. The summed E-state index contributed by atoms with van der Waals surface area (Å²) in [6.07, 6.45) is 8.97. The van der Waals surface area contributed by atoms with Gasteiger partial charge in [0.25, 0.3) is 0 Å². The highest BCUT2D eigenvalue weighted by Gasteiger charge is 2.08. The van der Waals surface area contributed by atoms with Crippen LogP contribution in [-0.2, 0) is 4.74 Å². The molecule has 0 aromatic heterocycles. The number of rotatable bonds is 8. The van der Waals surface area contributed by atoms with Crippen LogP contribution < -0.4 is 0 Å². The van der Waals surface area contributed by atoms with Crippen LogP contribution in [0.25, 0.3) is 0 Å². The molecule has 0 rings (SSSR count). The Kier molecular flexibility index (Phi) is 8.26. The maximum Gasteiger partial charge on any atom is 0.0598 e. The summed E-state index contributed by atoms with van der Waals surface area (Å²) in [7, 11) is 0. The van der Waals surface area contributed by atoms with Crippen molar-refractivity contribution in [2.24, 2.45) is 0 Å². The molecule has 1 nitrogen and oxygen atoms in total. The van der Waals surface area contributed by atoms with E-state index in [9.17, 15) is 0 Å². The second kappa shape index (κ2) is 8.28. The van der Waals surface area contributed by atoms with Gasteiger partial charge in [-0.25, -0.2) is 0 Å². The summed E-state index contributed by atoms with van der Waals surface area (Å²) in [5.74, 6) is 0. The molecule has 1 radical (unpaired) electrons. The fourth-order valence-corrected chi connectivity index (χ4v) is 1.36. The topological polar surface area (TPSA) is 9.23 Å². The molecule has 0 atom stereocenters. The first kappa shape index (κ1) is 14.0. The van der Waals surface area contributed by atoms with Gasteiger partial charge in [-0.1, -0.05) is 45.4 Å². The summed E-state index contributed by atoms with van der Waals surface area (Å²) < 4.78 is 5.65. The molecule has 0 spiro atoms. The number of hydrogen-bond acceptors (Lipinski definition) is 1. The highest BCUT2D eigenvalue weighted by Crippen LogP contribution is 2.10. The van der Waals surface area contributed by atoms with Crippen molar-refractivity contribution < 1.29 is 4.74 Å². The molecule has 0 heterocycles. The third-order valence-corrected chi connectivity index (χ3v) is 2.18. The summed E-state index contributed by atoms with van der Waals surface area (Å²) in [6.45, 7) is 11.1. The van der Waals surface area contributed by atoms with E-state index in [1.807, 2.05) is 0 Å². The van der Waals surface area contributed by atoms with E-state index in [0.29, 0.717) is 0 Å². The van der Waals surface area contributed by atoms with Gasteiger partial charge in [-0.15, -0.1) is 0 Å². The van der Waals surface area contributed by atoms with Crippen molar-refractivity contribution in [2.45, 2.75) is 71.3 Å². The average Bonchev–Trinajstić information content (AvgIpc) is 2.08. The third-order valence-electron chi connectivity index (χ3n) is 2.18. The zero-order chi connectivity index (χ0) is 10.9. The molecule has 0 saturated carbocycles. The van der Waals surface area contributed by atoms with Gasteiger partial charge in [0, 0.05) is 6.61 Å². The van der Waals surface area contributed by atoms with Gasteiger partial charge in [0.05, 0.1) is 5.60 Å². The summed E-state index contributed by atoms with van der Waals surface area (Å²) in [6, 6.07) is 0. The normalized spacial score (nSPS) is 12.0. The van der Waals surface area contributed by atoms with E-state index < -0.39 is 0 Å². The van der Waals surface area contributed by atoms with Crippen LogP contribution in [0.1, 0.15) is 65.7 Å². The minimum absolute atomic E-state index is 0.0356. The van der Waals surface area contributed by atoms with Gasteiger partial charge in [0.1, 0.15) is 0 Å². The minimum atomic E-state index is 0.0356. The quantitative estimate of drug-likeness (QED) is 0.528. The van der Waals surface area contributed by atoms with Crippen molar-refractivity contribution in [2.75, 3.05) is 6.61 Å². The van der Waals surface area contributed by atoms with Gasteiger partial charge in [0.15, 0.2) is 0 Å². The minimum Gasteiger partial charge on any atom is -0.376 e. The molecular formula is C13H27O. The van der Waals surface area contributed by atoms with Gasteiger partial charge < -0.3 is 4.74 Å². The molecule has 85 valence electrons. The van der Waals surface area contributed by atoms with Crippen molar-refractivity contribution in [3.8, 4) is 0 Å². The first-order valence-corrected chi connectivity index (χ1v) is 5.99. The lowest BCUT2D eigenvalue weighted by atomic mass is 10.1. The number of hydrogen-bond donors (Lipinski definition) is 0. The predicted molar refractivity (Wildman–Crippen MR) is 63.4 cm³/mol. The molecule has 0 aliphatic rings. The molecule has 0 aromatic rings. The first-order chi connectivity index (χ1) is 6.56. The number of ether oxygens (including phenoxy) is 1. The van der Waals surface area contributed by atoms with E-state index >= 15 is 0 Å². The largest absolute Gasteiger partial charge is 0.376 e. The highest BCUT2D eigenvalue weighted by atomic mass is 16.5. The molecule has 0 aliphatic heterocycles. The van der Waals surface area contributed by atoms with Gasteiger partial charge in [-0.2, -0.15) is 0 Å². The Balaban J connectivity index is 2.99. The first-order valence-electron chi connectivity index (χ1n) is 5.99. The molecule has 0 bridgehead atoms. The second-order valence-electron chi connectivity index (χ2n) is 4.94. The van der Waals surface area contributed by atoms with E-state index in [-0.39, 0.29) is 5.60 Å². The molecule has 0 aromatic carbocycles. The van der Waals surface area contributed by atoms with Gasteiger partial charge in [-0.3, -0.25) is 0 Å². The molecule has 0 unspecified atom stereocenters. The van der Waals surface area contributed by atoms with Crippen LogP contribution in [-0.4, -0.2) is 12.2 Å². The molecule has 0 N–H and O–H groups in total. The molecular weight excluding hydrogens is 172 g/mol. The second-order valence-corrected chi connectivity index (χ2v) is 4.94. The lowest BCUT2D eigenvalue weighted by molar-refractivity contribution is -0.00474. The Hall–Kier alpha value is -0.0400. The van der Waals surface area contributed by atoms with E-state index in [1.165, 1.54) is 38.5 Å². The lowest BCUT2D eigenvalue weighted by Gasteiger charge is -2.19. The maximum absolute atomic E-state index is 5.65. The summed E-state index contributed by atoms with van der Waals surface area (Å²) in [5.41, 5.74) is 0.0356. The maximum atomic E-state index is 5.65. The van der Waals surface area contributed by atoms with Crippen LogP contribution in [0, 0.1) is 6.92 Å². The van der Waals surface area contributed by atoms with Crippen LogP contribution in [0.2, 0.25) is 0 Å². The molecule has 0 amide bonds. The fraction of sp³-hybridized carbons (Fsp3) is 0.923. The summed E-state index contributed by atoms with van der Waals surface area (Å²) in [4.78, 5) is 0. The van der Waals surface area contributed by atoms with E-state index in [1.54, 1.807) is 0 Å². The molecule has 0 saturated heterocycles. The Morgan fingerprint density at radius 1 is 0.857 bits per heavy atom. The van der Waals surface area contributed by atoms with Crippen LogP contribution in [0.3, 0.4) is 0 Å². The Morgan fingerprint density at radius 2 is 1.36 bits per heavy atom. The van der Waals surface area contributed by atoms with Crippen LogP contribution in [0.4, 0.5) is 0 Å². The molecule has 0 aliphatic carbocycles. The monoisotopic (exact) mass is 199 g/mol. The van der Waals surface area contributed by atoms with Crippen molar-refractivity contribution in [1.29, 1.82) is 0 Å². The molecule has 1 heteroatoms. The van der Waals surface area contributed by atoms with Crippen molar-refractivity contribution in [3.05, 3.63) is 6.92 Å². The third kappa shape index (κ3) is 12.0. The van der Waals surface area contributed by atoms with E-state index in [0.717, 1.165) is 13.0 Å². The standard InChI is InChI=1S/C13H27O/c1-5-6-7-8-9-10-11-12-14-13(2,3)4/h1,5-12H2,2-4H3. The van der Waals surface area contributed by atoms with Crippen LogP contribution >= 0.6 is 0 Å². The Labute approximate surface area is 90.2 Å². The SMILES string of the molecule is [CH2]CCCCCCCCOC(C)(C)C. The average molecular weight is 199 g/mol. The van der Waals surface area contributed by atoms with Crippen molar-refractivity contribution >= 4 is 0 Å². The fourth-order valence-electron chi connectivity index (χ4n) is 1.36. The van der Waals surface area contributed by atoms with Crippen LogP contribution in [0.15, 0.2) is 0 Å². The zero-order valence-corrected chi connectivity index (χ0v) is 10.3. The van der Waals surface area contributed by atoms with Crippen LogP contribution in [0.5, 0.6) is 0 Å². The number of unbranched alkanes of at least 4 members (excludes halogenated alkanes) is 6. The van der Waals surface area contributed by atoms with Gasteiger partial charge in [0.2, 0.25) is 0 Å². The molecule has 0 fully saturated rings. The van der Waals surface area contributed by atoms with Crippen molar-refractivity contribution in [3.63, 3.8) is 0 Å². The Bertz CT molecular complexity index is 113. The van der Waals surface area contributed by atoms with E-state index in [4.69, 9.17) is 4.74 Å². The van der Waals surface area contributed by atoms with Gasteiger partial charge in [-0.05, 0) is 27.2 Å². The Morgan fingerprint density at radius 3 is 1.86 bits per heavy atom. The van der Waals surface area contributed by atoms with Crippen molar-refractivity contribution in [1.82, 2.24) is 0 Å². The van der Waals surface area contributed by atoms with E-state index in [2.05, 4.69) is 27.7 Å². The smallest absolute Gasteiger partial charge is 0.0598 e. The highest BCUT2D eigenvalue weighted by molar-refractivity contribution is 4.58.